The maximum atomic E-state index is 11.3. The van der Waals surface area contributed by atoms with Crippen LogP contribution in [0.1, 0.15) is 39.0 Å². The number of ether oxygens (including phenoxy) is 1. The molecule has 2 unspecified atom stereocenters. The number of methoxy groups -OCH3 is 1. The van der Waals surface area contributed by atoms with Crippen molar-refractivity contribution in [2.24, 2.45) is 0 Å². The van der Waals surface area contributed by atoms with Crippen molar-refractivity contribution in [1.29, 1.82) is 0 Å². The first-order valence-corrected chi connectivity index (χ1v) is 6.22. The Bertz CT molecular complexity index is 206. The van der Waals surface area contributed by atoms with Crippen LogP contribution in [0.25, 0.3) is 0 Å². The van der Waals surface area contributed by atoms with Crippen molar-refractivity contribution in [3.8, 4) is 0 Å². The lowest BCUT2D eigenvalue weighted by atomic mass is 10.3. The zero-order chi connectivity index (χ0) is 11.7. The smallest absolute Gasteiger partial charge is 0.305 e. The Morgan fingerprint density at radius 2 is 2.07 bits per heavy atom. The molecule has 5 heteroatoms. The van der Waals surface area contributed by atoms with Crippen molar-refractivity contribution in [3.05, 3.63) is 0 Å². The highest BCUT2D eigenvalue weighted by Crippen LogP contribution is 2.24. The summed E-state index contributed by atoms with van der Waals surface area (Å²) in [7, 11) is 1.20. The zero-order valence-electron chi connectivity index (χ0n) is 9.28. The molecule has 0 rings (SSSR count). The summed E-state index contributed by atoms with van der Waals surface area (Å²) in [5, 5.41) is 9.45. The summed E-state index contributed by atoms with van der Waals surface area (Å²) in [6, 6.07) is 0. The number of carbonyl (C=O) groups is 2. The Labute approximate surface area is 92.2 Å². The van der Waals surface area contributed by atoms with Crippen molar-refractivity contribution < 1.29 is 19.4 Å². The van der Waals surface area contributed by atoms with Crippen LogP contribution < -0.4 is 0 Å². The lowest BCUT2D eigenvalue weighted by Crippen LogP contribution is -2.06. The van der Waals surface area contributed by atoms with Crippen LogP contribution in [0, 0.1) is 0 Å². The Morgan fingerprint density at radius 1 is 1.40 bits per heavy atom. The molecule has 0 aliphatic rings. The van der Waals surface area contributed by atoms with Crippen LogP contribution in [0.2, 0.25) is 0 Å². The molecule has 15 heavy (non-hydrogen) atoms. The van der Waals surface area contributed by atoms with E-state index in [9.17, 15) is 14.7 Å². The standard InChI is InChI=1S/C10H19O4P/c1-3-4-5-9(12)15-10(13)7-6-8(11)14-2/h9,12,15H,3-7H2,1-2H3. The molecule has 0 amide bonds. The fourth-order valence-corrected chi connectivity index (χ4v) is 2.03. The monoisotopic (exact) mass is 234 g/mol. The van der Waals surface area contributed by atoms with Crippen molar-refractivity contribution in [2.75, 3.05) is 7.11 Å². The number of unbranched alkanes of at least 4 members (excludes halogenated alkanes) is 1. The molecule has 0 heterocycles. The summed E-state index contributed by atoms with van der Waals surface area (Å²) in [4.78, 5) is 22.0. The van der Waals surface area contributed by atoms with E-state index in [1.54, 1.807) is 0 Å². The minimum absolute atomic E-state index is 0.0518. The average Bonchev–Trinajstić information content (AvgIpc) is 2.22. The predicted molar refractivity (Wildman–Crippen MR) is 60.1 cm³/mol. The van der Waals surface area contributed by atoms with Crippen LogP contribution in [0.3, 0.4) is 0 Å². The molecular weight excluding hydrogens is 215 g/mol. The second-order valence-corrected chi connectivity index (χ2v) is 4.81. The topological polar surface area (TPSA) is 63.6 Å². The summed E-state index contributed by atoms with van der Waals surface area (Å²) >= 11 is 0. The van der Waals surface area contributed by atoms with E-state index in [0.29, 0.717) is 6.42 Å². The van der Waals surface area contributed by atoms with Crippen LogP contribution in [0.5, 0.6) is 0 Å². The fourth-order valence-electron chi connectivity index (χ4n) is 1.05. The molecule has 0 bridgehead atoms. The number of carbonyl (C=O) groups excluding carboxylic acids is 2. The molecule has 0 aromatic rings. The van der Waals surface area contributed by atoms with E-state index in [1.807, 2.05) is 6.92 Å². The van der Waals surface area contributed by atoms with E-state index in [0.717, 1.165) is 12.8 Å². The van der Waals surface area contributed by atoms with Gasteiger partial charge in [0.15, 0.2) is 5.52 Å². The first-order chi connectivity index (χ1) is 7.10. The van der Waals surface area contributed by atoms with E-state index in [1.165, 1.54) is 7.11 Å². The van der Waals surface area contributed by atoms with Crippen LogP contribution in [-0.4, -0.2) is 29.6 Å². The third kappa shape index (κ3) is 8.52. The summed E-state index contributed by atoms with van der Waals surface area (Å²) in [6.07, 6.45) is 2.90. The molecule has 1 N–H and O–H groups in total. The first-order valence-electron chi connectivity index (χ1n) is 5.14. The van der Waals surface area contributed by atoms with Crippen molar-refractivity contribution in [2.45, 2.75) is 44.9 Å². The molecule has 0 saturated carbocycles. The highest BCUT2D eigenvalue weighted by atomic mass is 31.1. The van der Waals surface area contributed by atoms with Gasteiger partial charge in [0.25, 0.3) is 0 Å². The Balaban J connectivity index is 3.59. The maximum absolute atomic E-state index is 11.3. The quantitative estimate of drug-likeness (QED) is 0.512. The maximum Gasteiger partial charge on any atom is 0.305 e. The normalized spacial score (nSPS) is 13.0. The molecule has 0 aromatic carbocycles. The predicted octanol–water partition coefficient (Wildman–Crippen LogP) is 1.65. The second-order valence-electron chi connectivity index (χ2n) is 3.30. The average molecular weight is 234 g/mol. The number of hydrogen-bond acceptors (Lipinski definition) is 4. The summed E-state index contributed by atoms with van der Waals surface area (Å²) < 4.78 is 4.42. The minimum Gasteiger partial charge on any atom is -0.469 e. The van der Waals surface area contributed by atoms with Crippen molar-refractivity contribution in [1.82, 2.24) is 0 Å². The number of rotatable bonds is 8. The van der Waals surface area contributed by atoms with Gasteiger partial charge in [0.1, 0.15) is 0 Å². The van der Waals surface area contributed by atoms with Crippen LogP contribution in [-0.2, 0) is 14.3 Å². The molecule has 0 radical (unpaired) electrons. The van der Waals surface area contributed by atoms with Gasteiger partial charge in [0.05, 0.1) is 19.4 Å². The highest BCUT2D eigenvalue weighted by Gasteiger charge is 2.11. The molecule has 88 valence electrons. The molecule has 0 spiro atoms. The van der Waals surface area contributed by atoms with Gasteiger partial charge in [0.2, 0.25) is 0 Å². The van der Waals surface area contributed by atoms with Gasteiger partial charge in [0, 0.05) is 6.42 Å². The van der Waals surface area contributed by atoms with Gasteiger partial charge in [-0.15, -0.1) is 0 Å². The van der Waals surface area contributed by atoms with Crippen molar-refractivity contribution >= 4 is 20.1 Å². The minimum atomic E-state index is -0.532. The Hall–Kier alpha value is -0.470. The number of esters is 1. The van der Waals surface area contributed by atoms with E-state index in [4.69, 9.17) is 0 Å². The Morgan fingerprint density at radius 3 is 2.60 bits per heavy atom. The van der Waals surface area contributed by atoms with E-state index < -0.39 is 5.85 Å². The zero-order valence-corrected chi connectivity index (χ0v) is 10.3. The third-order valence-electron chi connectivity index (χ3n) is 1.94. The molecule has 2 atom stereocenters. The number of aliphatic hydroxyl groups is 1. The molecule has 0 aliphatic heterocycles. The van der Waals surface area contributed by atoms with Gasteiger partial charge in [-0.3, -0.25) is 9.59 Å². The van der Waals surface area contributed by atoms with Crippen molar-refractivity contribution in [3.63, 3.8) is 0 Å². The fraction of sp³-hybridized carbons (Fsp3) is 0.800. The summed E-state index contributed by atoms with van der Waals surface area (Å²) in [5.41, 5.74) is -0.0518. The van der Waals surface area contributed by atoms with Gasteiger partial charge in [-0.2, -0.15) is 0 Å². The molecular formula is C10H19O4P. The lowest BCUT2D eigenvalue weighted by Gasteiger charge is -2.08. The van der Waals surface area contributed by atoms with Gasteiger partial charge in [-0.25, -0.2) is 0 Å². The van der Waals surface area contributed by atoms with Crippen LogP contribution >= 0.6 is 8.58 Å². The molecule has 0 aromatic heterocycles. The molecule has 0 fully saturated rings. The largest absolute Gasteiger partial charge is 0.469 e. The number of aliphatic hydroxyl groups excluding tert-OH is 1. The molecule has 0 saturated heterocycles. The summed E-state index contributed by atoms with van der Waals surface area (Å²) in [6.45, 7) is 2.04. The summed E-state index contributed by atoms with van der Waals surface area (Å²) in [5.74, 6) is -0.911. The van der Waals surface area contributed by atoms with Gasteiger partial charge in [-0.05, 0) is 15.0 Å². The first kappa shape index (κ1) is 14.5. The second kappa shape index (κ2) is 8.81. The van der Waals surface area contributed by atoms with E-state index in [2.05, 4.69) is 4.74 Å². The molecule has 4 nitrogen and oxygen atoms in total. The van der Waals surface area contributed by atoms with Crippen LogP contribution in [0.15, 0.2) is 0 Å². The lowest BCUT2D eigenvalue weighted by molar-refractivity contribution is -0.141. The van der Waals surface area contributed by atoms with Gasteiger partial charge in [-0.1, -0.05) is 19.8 Å². The van der Waals surface area contributed by atoms with Gasteiger partial charge >= 0.3 is 5.97 Å². The number of hydrogen-bond donors (Lipinski definition) is 1. The highest BCUT2D eigenvalue weighted by molar-refractivity contribution is 7.58. The molecule has 0 aliphatic carbocycles. The third-order valence-corrected chi connectivity index (χ3v) is 3.14. The van der Waals surface area contributed by atoms with E-state index in [-0.39, 0.29) is 32.9 Å². The van der Waals surface area contributed by atoms with Crippen LogP contribution in [0.4, 0.5) is 0 Å². The Kier molecular flexibility index (Phi) is 8.53. The van der Waals surface area contributed by atoms with E-state index >= 15 is 0 Å². The SMILES string of the molecule is CCCCC(O)PC(=O)CCC(=O)OC. The van der Waals surface area contributed by atoms with Gasteiger partial charge < -0.3 is 9.84 Å².